The molecule has 0 aromatic heterocycles. The predicted molar refractivity (Wildman–Crippen MR) is 49.6 cm³/mol. The van der Waals surface area contributed by atoms with Crippen LogP contribution >= 0.6 is 0 Å². The van der Waals surface area contributed by atoms with Gasteiger partial charge in [0.1, 0.15) is 0 Å². The molecule has 1 heterocycles. The Hall–Kier alpha value is -0.530. The first kappa shape index (κ1) is 13.1. The fourth-order valence-electron chi connectivity index (χ4n) is 0.631. The van der Waals surface area contributed by atoms with Gasteiger partial charge in [-0.05, 0) is 6.42 Å². The molecule has 0 spiro atoms. The largest absolute Gasteiger partial charge is 0.343 e. The fraction of sp³-hybridized carbons (Fsp3) is 0.889. The summed E-state index contributed by atoms with van der Waals surface area (Å²) >= 11 is 0. The molecular formula is C9H21NO. The minimum absolute atomic E-state index is 0.214. The van der Waals surface area contributed by atoms with Crippen LogP contribution in [0.5, 0.6) is 0 Å². The molecule has 0 bridgehead atoms. The molecule has 11 heavy (non-hydrogen) atoms. The van der Waals surface area contributed by atoms with Crippen molar-refractivity contribution in [3.8, 4) is 0 Å². The second kappa shape index (κ2) is 9.47. The van der Waals surface area contributed by atoms with E-state index in [2.05, 4.69) is 0 Å². The molecule has 0 radical (unpaired) electrons. The molecule has 2 heteroatoms. The maximum absolute atomic E-state index is 10.4. The molecule has 0 aromatic rings. The van der Waals surface area contributed by atoms with Gasteiger partial charge in [0.2, 0.25) is 5.91 Å². The van der Waals surface area contributed by atoms with Crippen LogP contribution in [0.15, 0.2) is 0 Å². The molecule has 1 saturated heterocycles. The average Bonchev–Trinajstić information content (AvgIpc) is 1.92. The number of carbonyl (C=O) groups excluding carboxylic acids is 1. The summed E-state index contributed by atoms with van der Waals surface area (Å²) in [5.41, 5.74) is 0. The van der Waals surface area contributed by atoms with E-state index < -0.39 is 0 Å². The molecule has 0 N–H and O–H groups in total. The van der Waals surface area contributed by atoms with E-state index in [1.54, 1.807) is 6.92 Å². The van der Waals surface area contributed by atoms with Crippen molar-refractivity contribution in [1.82, 2.24) is 4.90 Å². The average molecular weight is 159 g/mol. The summed E-state index contributed by atoms with van der Waals surface area (Å²) in [6.45, 7) is 11.6. The number of amides is 1. The van der Waals surface area contributed by atoms with Crippen molar-refractivity contribution in [1.29, 1.82) is 0 Å². The van der Waals surface area contributed by atoms with Gasteiger partial charge in [0.05, 0.1) is 0 Å². The zero-order chi connectivity index (χ0) is 9.28. The van der Waals surface area contributed by atoms with E-state index in [4.69, 9.17) is 0 Å². The molecule has 0 unspecified atom stereocenters. The summed E-state index contributed by atoms with van der Waals surface area (Å²) in [4.78, 5) is 12.2. The maximum atomic E-state index is 10.4. The lowest BCUT2D eigenvalue weighted by Gasteiger charge is -2.29. The molecule has 1 amide bonds. The van der Waals surface area contributed by atoms with Crippen molar-refractivity contribution in [3.63, 3.8) is 0 Å². The zero-order valence-electron chi connectivity index (χ0n) is 8.48. The normalized spacial score (nSPS) is 13.0. The Morgan fingerprint density at radius 3 is 1.45 bits per heavy atom. The lowest BCUT2D eigenvalue weighted by atomic mass is 10.2. The van der Waals surface area contributed by atoms with Gasteiger partial charge >= 0.3 is 0 Å². The topological polar surface area (TPSA) is 20.3 Å². The third kappa shape index (κ3) is 5.89. The number of nitrogens with zero attached hydrogens (tertiary/aromatic N) is 1. The summed E-state index contributed by atoms with van der Waals surface area (Å²) in [5.74, 6) is 0.214. The van der Waals surface area contributed by atoms with Gasteiger partial charge in [-0.2, -0.15) is 0 Å². The first-order valence-electron chi connectivity index (χ1n) is 4.56. The van der Waals surface area contributed by atoms with Crippen LogP contribution in [0.2, 0.25) is 0 Å². The third-order valence-electron chi connectivity index (χ3n) is 1.30. The minimum Gasteiger partial charge on any atom is -0.343 e. The van der Waals surface area contributed by atoms with Crippen molar-refractivity contribution in [2.75, 3.05) is 13.1 Å². The lowest BCUT2D eigenvalue weighted by molar-refractivity contribution is -0.132. The lowest BCUT2D eigenvalue weighted by Crippen LogP contribution is -2.40. The molecule has 1 aliphatic rings. The standard InChI is InChI=1S/C5H9NO.2C2H6/c1-5(7)6-3-2-4-6;2*1-2/h2-4H2,1H3;2*1-2H3. The highest BCUT2D eigenvalue weighted by Gasteiger charge is 2.14. The Morgan fingerprint density at radius 1 is 1.09 bits per heavy atom. The Labute approximate surface area is 70.6 Å². The van der Waals surface area contributed by atoms with Gasteiger partial charge in [-0.15, -0.1) is 0 Å². The number of rotatable bonds is 0. The van der Waals surface area contributed by atoms with Crippen LogP contribution < -0.4 is 0 Å². The summed E-state index contributed by atoms with van der Waals surface area (Å²) in [5, 5.41) is 0. The monoisotopic (exact) mass is 159 g/mol. The molecule has 1 rings (SSSR count). The van der Waals surface area contributed by atoms with E-state index >= 15 is 0 Å². The van der Waals surface area contributed by atoms with Gasteiger partial charge in [0.25, 0.3) is 0 Å². The number of likely N-dealkylation sites (tertiary alicyclic amines) is 1. The molecule has 0 aliphatic carbocycles. The quantitative estimate of drug-likeness (QED) is 0.531. The zero-order valence-corrected chi connectivity index (χ0v) is 8.48. The Bertz CT molecular complexity index is 87.6. The fourth-order valence-corrected chi connectivity index (χ4v) is 0.631. The van der Waals surface area contributed by atoms with Crippen LogP contribution in [0.3, 0.4) is 0 Å². The van der Waals surface area contributed by atoms with Crippen molar-refractivity contribution < 1.29 is 4.79 Å². The minimum atomic E-state index is 0.214. The summed E-state index contributed by atoms with van der Waals surface area (Å²) in [7, 11) is 0. The van der Waals surface area contributed by atoms with Crippen molar-refractivity contribution in [3.05, 3.63) is 0 Å². The Kier molecular flexibility index (Phi) is 11.3. The third-order valence-corrected chi connectivity index (χ3v) is 1.30. The summed E-state index contributed by atoms with van der Waals surface area (Å²) in [6, 6.07) is 0. The van der Waals surface area contributed by atoms with Gasteiger partial charge in [0.15, 0.2) is 0 Å². The Morgan fingerprint density at radius 2 is 1.45 bits per heavy atom. The van der Waals surface area contributed by atoms with Crippen LogP contribution in [-0.2, 0) is 4.79 Å². The molecule has 0 aromatic carbocycles. The van der Waals surface area contributed by atoms with Crippen LogP contribution in [0.4, 0.5) is 0 Å². The molecule has 1 aliphatic heterocycles. The van der Waals surface area contributed by atoms with Crippen LogP contribution in [0, 0.1) is 0 Å². The smallest absolute Gasteiger partial charge is 0.219 e. The molecule has 2 nitrogen and oxygen atoms in total. The van der Waals surface area contributed by atoms with Crippen molar-refractivity contribution >= 4 is 5.91 Å². The van der Waals surface area contributed by atoms with Gasteiger partial charge in [-0.25, -0.2) is 0 Å². The van der Waals surface area contributed by atoms with E-state index in [0.29, 0.717) is 0 Å². The van der Waals surface area contributed by atoms with E-state index in [-0.39, 0.29) is 5.91 Å². The summed E-state index contributed by atoms with van der Waals surface area (Å²) < 4.78 is 0. The number of hydrogen-bond donors (Lipinski definition) is 0. The highest BCUT2D eigenvalue weighted by atomic mass is 16.2. The van der Waals surface area contributed by atoms with Crippen LogP contribution in [-0.4, -0.2) is 23.9 Å². The Balaban J connectivity index is 0. The van der Waals surface area contributed by atoms with Crippen LogP contribution in [0.1, 0.15) is 41.0 Å². The van der Waals surface area contributed by atoms with Gasteiger partial charge in [-0.1, -0.05) is 27.7 Å². The molecular weight excluding hydrogens is 138 g/mol. The van der Waals surface area contributed by atoms with Gasteiger partial charge in [-0.3, -0.25) is 4.79 Å². The van der Waals surface area contributed by atoms with E-state index in [1.165, 1.54) is 6.42 Å². The first-order chi connectivity index (χ1) is 5.30. The second-order valence-electron chi connectivity index (χ2n) is 1.86. The molecule has 1 fully saturated rings. The first-order valence-corrected chi connectivity index (χ1v) is 4.56. The second-order valence-corrected chi connectivity index (χ2v) is 1.86. The highest BCUT2D eigenvalue weighted by Crippen LogP contribution is 2.03. The van der Waals surface area contributed by atoms with E-state index in [0.717, 1.165) is 13.1 Å². The molecule has 0 atom stereocenters. The van der Waals surface area contributed by atoms with E-state index in [9.17, 15) is 4.79 Å². The van der Waals surface area contributed by atoms with Crippen molar-refractivity contribution in [2.24, 2.45) is 0 Å². The molecule has 68 valence electrons. The molecule has 0 saturated carbocycles. The predicted octanol–water partition coefficient (Wildman–Crippen LogP) is 2.29. The van der Waals surface area contributed by atoms with Crippen molar-refractivity contribution in [2.45, 2.75) is 41.0 Å². The maximum Gasteiger partial charge on any atom is 0.219 e. The van der Waals surface area contributed by atoms with Gasteiger partial charge < -0.3 is 4.90 Å². The summed E-state index contributed by atoms with van der Waals surface area (Å²) in [6.07, 6.45) is 1.19. The number of carbonyl (C=O) groups is 1. The van der Waals surface area contributed by atoms with Gasteiger partial charge in [0, 0.05) is 20.0 Å². The number of hydrogen-bond acceptors (Lipinski definition) is 1. The van der Waals surface area contributed by atoms with E-state index in [1.807, 2.05) is 32.6 Å². The SMILES string of the molecule is CC.CC.CC(=O)N1CCC1. The highest BCUT2D eigenvalue weighted by molar-refractivity contribution is 5.73. The van der Waals surface area contributed by atoms with Crippen LogP contribution in [0.25, 0.3) is 0 Å².